The molecule has 0 saturated carbocycles. The lowest BCUT2D eigenvalue weighted by Crippen LogP contribution is -2.18. The van der Waals surface area contributed by atoms with Crippen molar-refractivity contribution in [1.29, 1.82) is 0 Å². The fraction of sp³-hybridized carbons (Fsp3) is 0.500. The molecule has 0 radical (unpaired) electrons. The fourth-order valence-electron chi connectivity index (χ4n) is 2.66. The summed E-state index contributed by atoms with van der Waals surface area (Å²) in [5, 5.41) is 4.06. The average Bonchev–Trinajstić information content (AvgIpc) is 3.19. The number of aromatic nitrogens is 2. The van der Waals surface area contributed by atoms with E-state index in [1.165, 1.54) is 0 Å². The summed E-state index contributed by atoms with van der Waals surface area (Å²) in [7, 11) is 0. The Hall–Kier alpha value is -1.72. The van der Waals surface area contributed by atoms with Gasteiger partial charge in [0.1, 0.15) is 0 Å². The van der Waals surface area contributed by atoms with Crippen LogP contribution in [0.25, 0.3) is 0 Å². The van der Waals surface area contributed by atoms with Gasteiger partial charge in [-0.1, -0.05) is 42.4 Å². The topological polar surface area (TPSA) is 74.2 Å². The van der Waals surface area contributed by atoms with E-state index in [0.717, 1.165) is 31.4 Å². The maximum atomic E-state index is 6.29. The summed E-state index contributed by atoms with van der Waals surface area (Å²) < 4.78 is 11.0. The lowest BCUT2D eigenvalue weighted by molar-refractivity contribution is 0.109. The van der Waals surface area contributed by atoms with Crippen molar-refractivity contribution < 1.29 is 9.26 Å². The molecule has 2 aromatic rings. The van der Waals surface area contributed by atoms with E-state index in [9.17, 15) is 0 Å². The zero-order valence-corrected chi connectivity index (χ0v) is 12.2. The van der Waals surface area contributed by atoms with Crippen LogP contribution in [0.1, 0.15) is 49.0 Å². The largest absolute Gasteiger partial charge is 0.378 e. The van der Waals surface area contributed by atoms with Crippen LogP contribution in [0.4, 0.5) is 0 Å². The molecule has 5 heteroatoms. The first kappa shape index (κ1) is 14.2. The van der Waals surface area contributed by atoms with Crippen LogP contribution in [0, 0.1) is 0 Å². The lowest BCUT2D eigenvalue weighted by Gasteiger charge is -2.16. The minimum absolute atomic E-state index is 0.0156. The number of nitrogens with zero attached hydrogens (tertiary/aromatic N) is 2. The molecule has 2 N–H and O–H groups in total. The molecule has 0 amide bonds. The highest BCUT2D eigenvalue weighted by molar-refractivity contribution is 5.21. The molecule has 1 aromatic heterocycles. The third-order valence-electron chi connectivity index (χ3n) is 4.03. The first-order chi connectivity index (χ1) is 10.2. The molecule has 1 saturated heterocycles. The molecule has 1 fully saturated rings. The highest BCUT2D eigenvalue weighted by Crippen LogP contribution is 2.27. The second-order valence-electron chi connectivity index (χ2n) is 5.61. The third-order valence-corrected chi connectivity index (χ3v) is 4.03. The Morgan fingerprint density at radius 1 is 1.33 bits per heavy atom. The van der Waals surface area contributed by atoms with Gasteiger partial charge in [-0.2, -0.15) is 4.98 Å². The van der Waals surface area contributed by atoms with Crippen molar-refractivity contribution in [3.63, 3.8) is 0 Å². The van der Waals surface area contributed by atoms with Crippen LogP contribution in [-0.4, -0.2) is 22.9 Å². The summed E-state index contributed by atoms with van der Waals surface area (Å²) in [5.74, 6) is 1.29. The molecule has 21 heavy (non-hydrogen) atoms. The number of rotatable bonds is 5. The first-order valence-electron chi connectivity index (χ1n) is 7.48. The van der Waals surface area contributed by atoms with Crippen LogP contribution in [0.2, 0.25) is 0 Å². The third kappa shape index (κ3) is 3.31. The van der Waals surface area contributed by atoms with Gasteiger partial charge in [-0.05, 0) is 18.4 Å². The minimum Gasteiger partial charge on any atom is -0.378 e. The zero-order valence-electron chi connectivity index (χ0n) is 12.2. The Balaban J connectivity index is 1.67. The average molecular weight is 287 g/mol. The van der Waals surface area contributed by atoms with Crippen LogP contribution in [0.15, 0.2) is 34.9 Å². The molecule has 1 aliphatic heterocycles. The van der Waals surface area contributed by atoms with Crippen molar-refractivity contribution in [3.8, 4) is 0 Å². The molecule has 112 valence electrons. The Bertz CT molecular complexity index is 564. The molecule has 5 nitrogen and oxygen atoms in total. The van der Waals surface area contributed by atoms with E-state index >= 15 is 0 Å². The molecule has 1 aliphatic rings. The predicted molar refractivity (Wildman–Crippen MR) is 78.8 cm³/mol. The number of benzene rings is 1. The molecule has 3 atom stereocenters. The molecule has 1 aromatic carbocycles. The smallest absolute Gasteiger partial charge is 0.231 e. The van der Waals surface area contributed by atoms with Gasteiger partial charge in [-0.25, -0.2) is 0 Å². The maximum absolute atomic E-state index is 6.29. The normalized spacial score (nSPS) is 21.3. The first-order valence-corrected chi connectivity index (χ1v) is 7.48. The molecule has 0 aliphatic carbocycles. The molecule has 3 unspecified atom stereocenters. The van der Waals surface area contributed by atoms with Gasteiger partial charge in [0.05, 0.1) is 12.0 Å². The van der Waals surface area contributed by atoms with Crippen molar-refractivity contribution in [2.75, 3.05) is 6.61 Å². The summed E-state index contributed by atoms with van der Waals surface area (Å²) in [6.07, 6.45) is 3.14. The van der Waals surface area contributed by atoms with Gasteiger partial charge < -0.3 is 15.0 Å². The Labute approximate surface area is 124 Å². The van der Waals surface area contributed by atoms with Crippen molar-refractivity contribution >= 4 is 0 Å². The second kappa shape index (κ2) is 6.37. The molecular weight excluding hydrogens is 266 g/mol. The second-order valence-corrected chi connectivity index (χ2v) is 5.61. The van der Waals surface area contributed by atoms with E-state index in [-0.39, 0.29) is 18.1 Å². The molecular formula is C16H21N3O2. The van der Waals surface area contributed by atoms with E-state index in [1.807, 2.05) is 37.3 Å². The van der Waals surface area contributed by atoms with Gasteiger partial charge in [0.2, 0.25) is 5.89 Å². The van der Waals surface area contributed by atoms with E-state index in [0.29, 0.717) is 11.7 Å². The quantitative estimate of drug-likeness (QED) is 0.915. The van der Waals surface area contributed by atoms with Gasteiger partial charge in [-0.15, -0.1) is 0 Å². The van der Waals surface area contributed by atoms with Gasteiger partial charge in [-0.3, -0.25) is 0 Å². The number of nitrogens with two attached hydrogens (primary N) is 1. The highest BCUT2D eigenvalue weighted by Gasteiger charge is 2.24. The SMILES string of the molecule is CC(c1nc(CC2CCCO2)no1)C(N)c1ccccc1. The molecule has 0 bridgehead atoms. The Kier molecular flexibility index (Phi) is 4.31. The predicted octanol–water partition coefficient (Wildman–Crippen LogP) is 2.59. The summed E-state index contributed by atoms with van der Waals surface area (Å²) in [6, 6.07) is 9.84. The van der Waals surface area contributed by atoms with Crippen LogP contribution >= 0.6 is 0 Å². The number of hydrogen-bond donors (Lipinski definition) is 1. The van der Waals surface area contributed by atoms with Crippen molar-refractivity contribution in [2.45, 2.75) is 44.2 Å². The van der Waals surface area contributed by atoms with Gasteiger partial charge in [0.15, 0.2) is 5.82 Å². The summed E-state index contributed by atoms with van der Waals surface area (Å²) >= 11 is 0. The van der Waals surface area contributed by atoms with E-state index < -0.39 is 0 Å². The fourth-order valence-corrected chi connectivity index (χ4v) is 2.66. The summed E-state index contributed by atoms with van der Waals surface area (Å²) in [4.78, 5) is 4.48. The van der Waals surface area contributed by atoms with Crippen LogP contribution < -0.4 is 5.73 Å². The van der Waals surface area contributed by atoms with Crippen molar-refractivity contribution in [2.24, 2.45) is 5.73 Å². The standard InChI is InChI=1S/C16H21N3O2/c1-11(15(17)12-6-3-2-4-7-12)16-18-14(19-21-16)10-13-8-5-9-20-13/h2-4,6-7,11,13,15H,5,8-10,17H2,1H3. The monoisotopic (exact) mass is 287 g/mol. The van der Waals surface area contributed by atoms with E-state index in [2.05, 4.69) is 10.1 Å². The van der Waals surface area contributed by atoms with Crippen LogP contribution in [0.3, 0.4) is 0 Å². The van der Waals surface area contributed by atoms with E-state index in [1.54, 1.807) is 0 Å². The minimum atomic E-state index is -0.151. The van der Waals surface area contributed by atoms with Gasteiger partial charge in [0, 0.05) is 19.1 Å². The summed E-state index contributed by atoms with van der Waals surface area (Å²) in [6.45, 7) is 2.85. The molecule has 2 heterocycles. The Morgan fingerprint density at radius 3 is 2.86 bits per heavy atom. The lowest BCUT2D eigenvalue weighted by atomic mass is 9.95. The summed E-state index contributed by atoms with van der Waals surface area (Å²) in [5.41, 5.74) is 7.36. The number of ether oxygens (including phenoxy) is 1. The van der Waals surface area contributed by atoms with Gasteiger partial charge in [0.25, 0.3) is 0 Å². The molecule has 0 spiro atoms. The highest BCUT2D eigenvalue weighted by atomic mass is 16.5. The molecule has 3 rings (SSSR count). The number of hydrogen-bond acceptors (Lipinski definition) is 5. The van der Waals surface area contributed by atoms with Crippen molar-refractivity contribution in [3.05, 3.63) is 47.6 Å². The zero-order chi connectivity index (χ0) is 14.7. The Morgan fingerprint density at radius 2 is 2.14 bits per heavy atom. The van der Waals surface area contributed by atoms with Gasteiger partial charge >= 0.3 is 0 Å². The van der Waals surface area contributed by atoms with Crippen molar-refractivity contribution in [1.82, 2.24) is 10.1 Å². The maximum Gasteiger partial charge on any atom is 0.231 e. The van der Waals surface area contributed by atoms with E-state index in [4.69, 9.17) is 15.0 Å². The van der Waals surface area contributed by atoms with Crippen LogP contribution in [0.5, 0.6) is 0 Å². The van der Waals surface area contributed by atoms with Crippen LogP contribution in [-0.2, 0) is 11.2 Å².